The monoisotopic (exact) mass is 593 g/mol. The molecule has 7 aromatic rings. The molecule has 0 unspecified atom stereocenters. The predicted molar refractivity (Wildman–Crippen MR) is 196 cm³/mol. The van der Waals surface area contributed by atoms with Gasteiger partial charge in [0.1, 0.15) is 11.2 Å². The van der Waals surface area contributed by atoms with Crippen molar-refractivity contribution in [1.29, 1.82) is 0 Å². The van der Waals surface area contributed by atoms with E-state index in [1.54, 1.807) is 0 Å². The van der Waals surface area contributed by atoms with Gasteiger partial charge in [-0.25, -0.2) is 0 Å². The summed E-state index contributed by atoms with van der Waals surface area (Å²) in [5, 5.41) is 2.28. The van der Waals surface area contributed by atoms with E-state index in [9.17, 15) is 0 Å². The summed E-state index contributed by atoms with van der Waals surface area (Å²) in [6.07, 6.45) is 4.36. The minimum Gasteiger partial charge on any atom is -0.456 e. The Morgan fingerprint density at radius 1 is 0.565 bits per heavy atom. The summed E-state index contributed by atoms with van der Waals surface area (Å²) in [4.78, 5) is 5.24. The number of rotatable bonds is 7. The highest BCUT2D eigenvalue weighted by atomic mass is 16.3. The van der Waals surface area contributed by atoms with Crippen LogP contribution in [0, 0.1) is 6.92 Å². The Morgan fingerprint density at radius 2 is 1.24 bits per heavy atom. The maximum atomic E-state index is 6.09. The molecule has 0 amide bonds. The molecule has 46 heavy (non-hydrogen) atoms. The highest BCUT2D eigenvalue weighted by molar-refractivity contribution is 6.06. The lowest BCUT2D eigenvalue weighted by Crippen LogP contribution is -1.96. The van der Waals surface area contributed by atoms with E-state index in [2.05, 4.69) is 160 Å². The zero-order chi connectivity index (χ0) is 31.5. The van der Waals surface area contributed by atoms with Crippen molar-refractivity contribution < 1.29 is 4.42 Å². The van der Waals surface area contributed by atoms with E-state index in [0.717, 1.165) is 55.6 Å². The van der Waals surface area contributed by atoms with Crippen LogP contribution in [0.25, 0.3) is 55.5 Å². The van der Waals surface area contributed by atoms with Gasteiger partial charge in [0.25, 0.3) is 0 Å². The molecule has 0 N–H and O–H groups in total. The molecule has 0 atom stereocenters. The maximum Gasteiger partial charge on any atom is 0.135 e. The minimum atomic E-state index is 0.909. The summed E-state index contributed by atoms with van der Waals surface area (Å²) in [5.41, 5.74) is 14.1. The van der Waals surface area contributed by atoms with Crippen LogP contribution in [0.3, 0.4) is 0 Å². The molecule has 1 heterocycles. The second-order valence-electron chi connectivity index (χ2n) is 11.6. The van der Waals surface area contributed by atoms with Gasteiger partial charge in [0.2, 0.25) is 0 Å². The van der Waals surface area contributed by atoms with E-state index in [4.69, 9.17) is 9.41 Å². The van der Waals surface area contributed by atoms with Crippen LogP contribution < -0.4 is 0 Å². The van der Waals surface area contributed by atoms with Gasteiger partial charge in [0, 0.05) is 22.0 Å². The SMILES string of the molecule is C\C=C(/C=C(\N=C(/C)c1ccccc1)c1ccc(C)c(-c2cccc(-c3ccc4oc5ccccc5c4c3)c2)c1)c1ccccc1. The van der Waals surface area contributed by atoms with Crippen LogP contribution in [0.5, 0.6) is 0 Å². The van der Waals surface area contributed by atoms with Crippen molar-refractivity contribution >= 4 is 38.9 Å². The number of nitrogens with zero attached hydrogens (tertiary/aromatic N) is 1. The Hall–Kier alpha value is -5.73. The maximum absolute atomic E-state index is 6.09. The molecule has 0 spiro atoms. The van der Waals surface area contributed by atoms with Gasteiger partial charge in [-0.1, -0.05) is 121 Å². The van der Waals surface area contributed by atoms with Gasteiger partial charge < -0.3 is 4.42 Å². The smallest absolute Gasteiger partial charge is 0.135 e. The largest absolute Gasteiger partial charge is 0.456 e. The van der Waals surface area contributed by atoms with Crippen LogP contribution in [-0.2, 0) is 0 Å². The van der Waals surface area contributed by atoms with Crippen molar-refractivity contribution in [3.8, 4) is 22.3 Å². The quantitative estimate of drug-likeness (QED) is 0.133. The molecule has 0 bridgehead atoms. The van der Waals surface area contributed by atoms with Crippen LogP contribution in [-0.4, -0.2) is 5.71 Å². The van der Waals surface area contributed by atoms with E-state index in [1.165, 1.54) is 27.8 Å². The number of hydrogen-bond acceptors (Lipinski definition) is 2. The predicted octanol–water partition coefficient (Wildman–Crippen LogP) is 12.2. The lowest BCUT2D eigenvalue weighted by Gasteiger charge is -2.13. The summed E-state index contributed by atoms with van der Waals surface area (Å²) >= 11 is 0. The van der Waals surface area contributed by atoms with Crippen molar-refractivity contribution in [3.63, 3.8) is 0 Å². The Labute approximate surface area is 270 Å². The van der Waals surface area contributed by atoms with Gasteiger partial charge in [-0.3, -0.25) is 4.99 Å². The molecule has 0 aliphatic carbocycles. The number of aliphatic imine (C=N–C) groups is 1. The van der Waals surface area contributed by atoms with Crippen LogP contribution in [0.1, 0.15) is 36.1 Å². The fourth-order valence-electron chi connectivity index (χ4n) is 6.08. The number of aryl methyl sites for hydroxylation is 1. The lowest BCUT2D eigenvalue weighted by atomic mass is 9.93. The van der Waals surface area contributed by atoms with Crippen LogP contribution >= 0.6 is 0 Å². The Bertz CT molecular complexity index is 2270. The lowest BCUT2D eigenvalue weighted by molar-refractivity contribution is 0.669. The molecule has 6 aromatic carbocycles. The fraction of sp³-hybridized carbons (Fsp3) is 0.0682. The normalized spacial score (nSPS) is 12.6. The average molecular weight is 594 g/mol. The van der Waals surface area contributed by atoms with Gasteiger partial charge in [0.05, 0.1) is 5.70 Å². The van der Waals surface area contributed by atoms with Gasteiger partial charge in [-0.15, -0.1) is 0 Å². The topological polar surface area (TPSA) is 25.5 Å². The molecule has 0 saturated carbocycles. The van der Waals surface area contributed by atoms with Crippen molar-refractivity contribution in [2.75, 3.05) is 0 Å². The summed E-state index contributed by atoms with van der Waals surface area (Å²) in [6.45, 7) is 6.35. The Balaban J connectivity index is 1.32. The first-order valence-corrected chi connectivity index (χ1v) is 15.7. The molecule has 2 heteroatoms. The number of allylic oxidation sites excluding steroid dienone is 3. The van der Waals surface area contributed by atoms with E-state index in [1.807, 2.05) is 18.2 Å². The summed E-state index contributed by atoms with van der Waals surface area (Å²) < 4.78 is 6.09. The standard InChI is InChI=1S/C44H35NO/c1-4-32(34-16-9-6-10-17-34)29-42(45-31(3)33-14-7-5-8-15-33)38-23-22-30(2)40(28-38)37-19-13-18-35(26-37)36-24-25-44-41(27-36)39-20-11-12-21-43(39)46-44/h4-29H,1-3H3/b32-4+,42-29-,45-31+. The molecule has 2 nitrogen and oxygen atoms in total. The highest BCUT2D eigenvalue weighted by Crippen LogP contribution is 2.35. The first-order chi connectivity index (χ1) is 22.6. The Morgan fingerprint density at radius 3 is 2.02 bits per heavy atom. The van der Waals surface area contributed by atoms with Gasteiger partial charge in [-0.05, 0) is 102 Å². The zero-order valence-electron chi connectivity index (χ0n) is 26.4. The third-order valence-electron chi connectivity index (χ3n) is 8.61. The first kappa shape index (κ1) is 29.0. The number of para-hydroxylation sites is 1. The summed E-state index contributed by atoms with van der Waals surface area (Å²) in [6, 6.07) is 51.1. The summed E-state index contributed by atoms with van der Waals surface area (Å²) in [5.74, 6) is 0. The third-order valence-corrected chi connectivity index (χ3v) is 8.61. The molecular weight excluding hydrogens is 558 g/mol. The first-order valence-electron chi connectivity index (χ1n) is 15.7. The Kier molecular flexibility index (Phi) is 8.01. The number of furan rings is 1. The number of hydrogen-bond donors (Lipinski definition) is 0. The van der Waals surface area contributed by atoms with E-state index >= 15 is 0 Å². The molecule has 1 aromatic heterocycles. The van der Waals surface area contributed by atoms with E-state index < -0.39 is 0 Å². The van der Waals surface area contributed by atoms with Gasteiger partial charge in [-0.2, -0.15) is 0 Å². The molecule has 0 fully saturated rings. The van der Waals surface area contributed by atoms with Crippen molar-refractivity contribution in [3.05, 3.63) is 180 Å². The highest BCUT2D eigenvalue weighted by Gasteiger charge is 2.12. The van der Waals surface area contributed by atoms with Crippen LogP contribution in [0.4, 0.5) is 0 Å². The second kappa shape index (κ2) is 12.7. The fourth-order valence-corrected chi connectivity index (χ4v) is 6.08. The molecule has 0 radical (unpaired) electrons. The van der Waals surface area contributed by atoms with Crippen LogP contribution in [0.2, 0.25) is 0 Å². The molecule has 7 rings (SSSR count). The van der Waals surface area contributed by atoms with Crippen molar-refractivity contribution in [2.45, 2.75) is 20.8 Å². The zero-order valence-corrected chi connectivity index (χ0v) is 26.4. The number of fused-ring (bicyclic) bond motifs is 3. The van der Waals surface area contributed by atoms with Crippen molar-refractivity contribution in [1.82, 2.24) is 0 Å². The van der Waals surface area contributed by atoms with Gasteiger partial charge in [0.15, 0.2) is 0 Å². The van der Waals surface area contributed by atoms with Gasteiger partial charge >= 0.3 is 0 Å². The average Bonchev–Trinajstić information content (AvgIpc) is 3.49. The molecule has 0 saturated heterocycles. The third kappa shape index (κ3) is 5.86. The molecule has 0 aliphatic heterocycles. The molecule has 222 valence electrons. The minimum absolute atomic E-state index is 0.909. The molecular formula is C44H35NO. The molecule has 0 aliphatic rings. The number of benzene rings is 6. The van der Waals surface area contributed by atoms with Crippen molar-refractivity contribution in [2.24, 2.45) is 4.99 Å². The summed E-state index contributed by atoms with van der Waals surface area (Å²) in [7, 11) is 0. The van der Waals surface area contributed by atoms with E-state index in [0.29, 0.717) is 0 Å². The van der Waals surface area contributed by atoms with Crippen LogP contribution in [0.15, 0.2) is 167 Å². The second-order valence-corrected chi connectivity index (χ2v) is 11.6. The van der Waals surface area contributed by atoms with E-state index in [-0.39, 0.29) is 0 Å².